The van der Waals surface area contributed by atoms with Gasteiger partial charge < -0.3 is 25.4 Å². The van der Waals surface area contributed by atoms with Crippen LogP contribution >= 0.6 is 0 Å². The normalized spacial score (nSPS) is 10.8. The Morgan fingerprint density at radius 2 is 1.43 bits per heavy atom. The highest BCUT2D eigenvalue weighted by Crippen LogP contribution is 2.22. The van der Waals surface area contributed by atoms with Gasteiger partial charge in [-0.25, -0.2) is 4.79 Å². The molecule has 8 heteroatoms. The van der Waals surface area contributed by atoms with Crippen LogP contribution in [0.4, 0.5) is 4.79 Å². The molecule has 3 amide bonds. The number of para-hydroxylation sites is 1. The number of benzene rings is 1. The summed E-state index contributed by atoms with van der Waals surface area (Å²) in [5.41, 5.74) is 1.59. The molecule has 0 aromatic heterocycles. The van der Waals surface area contributed by atoms with Crippen molar-refractivity contribution in [2.75, 3.05) is 26.2 Å². The van der Waals surface area contributed by atoms with Crippen LogP contribution in [0.1, 0.15) is 51.2 Å². The molecule has 1 aromatic rings. The van der Waals surface area contributed by atoms with Crippen molar-refractivity contribution in [2.24, 2.45) is 0 Å². The smallest absolute Gasteiger partial charge is 0.407 e. The van der Waals surface area contributed by atoms with Crippen LogP contribution in [0.25, 0.3) is 0 Å². The standard InChI is InChI=1S/C22H35N3O5/c1-16-8-6-9-17(2)20(16)29-15-7-10-18(26)23-13-14-24-19(27)11-12-25-21(28)30-22(3,4)5/h6,8-9H,7,10-15H2,1-5H3,(H,23,26)(H,24,27)(H,25,28). The molecule has 3 N–H and O–H groups in total. The number of ether oxygens (including phenoxy) is 2. The predicted molar refractivity (Wildman–Crippen MR) is 116 cm³/mol. The number of alkyl carbamates (subject to hydrolysis) is 1. The van der Waals surface area contributed by atoms with Gasteiger partial charge >= 0.3 is 6.09 Å². The van der Waals surface area contributed by atoms with Crippen molar-refractivity contribution in [1.82, 2.24) is 16.0 Å². The summed E-state index contributed by atoms with van der Waals surface area (Å²) in [5.74, 6) is 0.588. The van der Waals surface area contributed by atoms with E-state index in [4.69, 9.17) is 9.47 Å². The fourth-order valence-corrected chi connectivity index (χ4v) is 2.61. The third-order valence-corrected chi connectivity index (χ3v) is 3.99. The van der Waals surface area contributed by atoms with Crippen molar-refractivity contribution in [3.05, 3.63) is 29.3 Å². The molecular weight excluding hydrogens is 386 g/mol. The summed E-state index contributed by atoms with van der Waals surface area (Å²) in [6, 6.07) is 5.98. The molecule has 0 aliphatic rings. The number of aryl methyl sites for hydroxylation is 2. The Morgan fingerprint density at radius 1 is 0.867 bits per heavy atom. The molecule has 8 nitrogen and oxygen atoms in total. The minimum absolute atomic E-state index is 0.0825. The number of amides is 3. The second-order valence-electron chi connectivity index (χ2n) is 8.05. The van der Waals surface area contributed by atoms with Crippen LogP contribution in [0.15, 0.2) is 18.2 Å². The van der Waals surface area contributed by atoms with Gasteiger partial charge in [-0.2, -0.15) is 0 Å². The maximum atomic E-state index is 11.9. The molecule has 168 valence electrons. The van der Waals surface area contributed by atoms with Gasteiger partial charge in [0.2, 0.25) is 11.8 Å². The van der Waals surface area contributed by atoms with E-state index in [9.17, 15) is 14.4 Å². The zero-order valence-electron chi connectivity index (χ0n) is 18.7. The lowest BCUT2D eigenvalue weighted by Crippen LogP contribution is -2.37. The van der Waals surface area contributed by atoms with E-state index in [1.807, 2.05) is 32.0 Å². The van der Waals surface area contributed by atoms with Crippen LogP contribution in [0.5, 0.6) is 5.75 Å². The lowest BCUT2D eigenvalue weighted by atomic mass is 10.1. The molecule has 0 aliphatic carbocycles. The van der Waals surface area contributed by atoms with E-state index in [2.05, 4.69) is 16.0 Å². The van der Waals surface area contributed by atoms with E-state index in [1.165, 1.54) is 0 Å². The fourth-order valence-electron chi connectivity index (χ4n) is 2.61. The summed E-state index contributed by atoms with van der Waals surface area (Å²) < 4.78 is 10.9. The third-order valence-electron chi connectivity index (χ3n) is 3.99. The molecule has 0 saturated heterocycles. The Labute approximate surface area is 179 Å². The number of nitrogens with one attached hydrogen (secondary N) is 3. The second kappa shape index (κ2) is 12.7. The van der Waals surface area contributed by atoms with E-state index in [-0.39, 0.29) is 24.8 Å². The molecule has 1 rings (SSSR count). The monoisotopic (exact) mass is 421 g/mol. The van der Waals surface area contributed by atoms with Crippen LogP contribution < -0.4 is 20.7 Å². The van der Waals surface area contributed by atoms with E-state index < -0.39 is 11.7 Å². The molecular formula is C22H35N3O5. The number of carbonyl (C=O) groups excluding carboxylic acids is 3. The summed E-state index contributed by atoms with van der Waals surface area (Å²) in [5, 5.41) is 7.97. The SMILES string of the molecule is Cc1cccc(C)c1OCCCC(=O)NCCNC(=O)CCNC(=O)OC(C)(C)C. The average molecular weight is 422 g/mol. The number of rotatable bonds is 11. The van der Waals surface area contributed by atoms with Gasteiger partial charge in [0.05, 0.1) is 6.61 Å². The van der Waals surface area contributed by atoms with Gasteiger partial charge in [-0.05, 0) is 52.2 Å². The first-order chi connectivity index (χ1) is 14.1. The van der Waals surface area contributed by atoms with Crippen molar-refractivity contribution < 1.29 is 23.9 Å². The Balaban J connectivity index is 2.06. The van der Waals surface area contributed by atoms with Gasteiger partial charge in [-0.3, -0.25) is 9.59 Å². The largest absolute Gasteiger partial charge is 0.493 e. The highest BCUT2D eigenvalue weighted by molar-refractivity contribution is 5.77. The highest BCUT2D eigenvalue weighted by atomic mass is 16.6. The first kappa shape index (κ1) is 25.3. The number of carbonyl (C=O) groups is 3. The number of hydrogen-bond acceptors (Lipinski definition) is 5. The Kier molecular flexibility index (Phi) is 10.7. The summed E-state index contributed by atoms with van der Waals surface area (Å²) in [7, 11) is 0. The fraction of sp³-hybridized carbons (Fsp3) is 0.591. The third kappa shape index (κ3) is 11.3. The maximum Gasteiger partial charge on any atom is 0.407 e. The van der Waals surface area contributed by atoms with Gasteiger partial charge in [-0.1, -0.05) is 18.2 Å². The van der Waals surface area contributed by atoms with Gasteiger partial charge in [0.25, 0.3) is 0 Å². The van der Waals surface area contributed by atoms with E-state index in [0.717, 1.165) is 16.9 Å². The molecule has 0 fully saturated rings. The van der Waals surface area contributed by atoms with Crippen LogP contribution in [0.3, 0.4) is 0 Å². The van der Waals surface area contributed by atoms with E-state index in [0.29, 0.717) is 32.5 Å². The van der Waals surface area contributed by atoms with Crippen LogP contribution in [-0.2, 0) is 14.3 Å². The first-order valence-corrected chi connectivity index (χ1v) is 10.3. The molecule has 0 aliphatic heterocycles. The van der Waals surface area contributed by atoms with Gasteiger partial charge in [0.1, 0.15) is 11.4 Å². The maximum absolute atomic E-state index is 11.9. The zero-order valence-corrected chi connectivity index (χ0v) is 18.7. The minimum Gasteiger partial charge on any atom is -0.493 e. The summed E-state index contributed by atoms with van der Waals surface area (Å²) in [4.78, 5) is 35.1. The first-order valence-electron chi connectivity index (χ1n) is 10.3. The lowest BCUT2D eigenvalue weighted by molar-refractivity contribution is -0.123. The highest BCUT2D eigenvalue weighted by Gasteiger charge is 2.15. The molecule has 30 heavy (non-hydrogen) atoms. The summed E-state index contributed by atoms with van der Waals surface area (Å²) in [6.07, 6.45) is 0.563. The molecule has 0 radical (unpaired) electrons. The van der Waals surface area contributed by atoms with Crippen molar-refractivity contribution >= 4 is 17.9 Å². The molecule has 0 saturated carbocycles. The van der Waals surface area contributed by atoms with Crippen LogP contribution in [-0.4, -0.2) is 49.7 Å². The van der Waals surface area contributed by atoms with Crippen molar-refractivity contribution in [3.63, 3.8) is 0 Å². The Bertz CT molecular complexity index is 693. The lowest BCUT2D eigenvalue weighted by Gasteiger charge is -2.19. The molecule has 0 heterocycles. The summed E-state index contributed by atoms with van der Waals surface area (Å²) >= 11 is 0. The van der Waals surface area contributed by atoms with Gasteiger partial charge in [0.15, 0.2) is 0 Å². The Morgan fingerprint density at radius 3 is 2.00 bits per heavy atom. The summed E-state index contributed by atoms with van der Waals surface area (Å²) in [6.45, 7) is 10.6. The van der Waals surface area contributed by atoms with E-state index in [1.54, 1.807) is 20.8 Å². The molecule has 0 bridgehead atoms. The Hall–Kier alpha value is -2.77. The van der Waals surface area contributed by atoms with E-state index >= 15 is 0 Å². The van der Waals surface area contributed by atoms with Crippen molar-refractivity contribution in [3.8, 4) is 5.75 Å². The molecule has 0 atom stereocenters. The molecule has 0 unspecified atom stereocenters. The van der Waals surface area contributed by atoms with Crippen molar-refractivity contribution in [2.45, 2.75) is 59.5 Å². The second-order valence-corrected chi connectivity index (χ2v) is 8.05. The van der Waals surface area contributed by atoms with Gasteiger partial charge in [-0.15, -0.1) is 0 Å². The van der Waals surface area contributed by atoms with Gasteiger partial charge in [0, 0.05) is 32.5 Å². The molecule has 0 spiro atoms. The molecule has 1 aromatic carbocycles. The predicted octanol–water partition coefficient (Wildman–Crippen LogP) is 2.61. The van der Waals surface area contributed by atoms with Crippen LogP contribution in [0.2, 0.25) is 0 Å². The quantitative estimate of drug-likeness (QED) is 0.476. The topological polar surface area (TPSA) is 106 Å². The van der Waals surface area contributed by atoms with Crippen LogP contribution in [0, 0.1) is 13.8 Å². The van der Waals surface area contributed by atoms with Crippen molar-refractivity contribution in [1.29, 1.82) is 0 Å². The number of hydrogen-bond donors (Lipinski definition) is 3. The zero-order chi connectivity index (χ0) is 22.6. The average Bonchev–Trinajstić information content (AvgIpc) is 2.62. The minimum atomic E-state index is -0.573.